The Morgan fingerprint density at radius 1 is 1.89 bits per heavy atom. The molecule has 0 radical (unpaired) electrons. The summed E-state index contributed by atoms with van der Waals surface area (Å²) in [7, 11) is 0. The van der Waals surface area contributed by atoms with Gasteiger partial charge in [-0.25, -0.2) is 0 Å². The summed E-state index contributed by atoms with van der Waals surface area (Å²) in [4.78, 5) is 0. The van der Waals surface area contributed by atoms with Gasteiger partial charge in [-0.3, -0.25) is 0 Å². The third-order valence-corrected chi connectivity index (χ3v) is 1.19. The molecule has 0 fully saturated rings. The second-order valence-corrected chi connectivity index (χ2v) is 1.97. The molecule has 0 aromatic carbocycles. The van der Waals surface area contributed by atoms with Gasteiger partial charge in [-0.05, 0) is 6.92 Å². The first-order chi connectivity index (χ1) is 4.09. The van der Waals surface area contributed by atoms with E-state index in [2.05, 4.69) is 12.5 Å². The van der Waals surface area contributed by atoms with E-state index < -0.39 is 6.04 Å². The van der Waals surface area contributed by atoms with E-state index in [0.717, 1.165) is 0 Å². The predicted molar refractivity (Wildman–Crippen MR) is 37.7 cm³/mol. The maximum Gasteiger partial charge on any atom is 0.103 e. The molecule has 0 amide bonds. The fourth-order valence-electron chi connectivity index (χ4n) is 0.392. The number of hydrogen-bond donors (Lipinski definition) is 2. The summed E-state index contributed by atoms with van der Waals surface area (Å²) in [5, 5.41) is 8.71. The third kappa shape index (κ3) is 2.20. The highest BCUT2D eigenvalue weighted by atomic mass is 16.3. The number of aliphatic hydroxyl groups is 1. The Morgan fingerprint density at radius 2 is 2.33 bits per heavy atom. The van der Waals surface area contributed by atoms with Crippen LogP contribution in [-0.4, -0.2) is 11.1 Å². The van der Waals surface area contributed by atoms with Crippen molar-refractivity contribution in [1.82, 2.24) is 0 Å². The molecule has 2 atom stereocenters. The molecular weight excluding hydrogens is 114 g/mol. The lowest BCUT2D eigenvalue weighted by Gasteiger charge is -2.11. The van der Waals surface area contributed by atoms with Crippen LogP contribution in [0.15, 0.2) is 12.3 Å². The van der Waals surface area contributed by atoms with Crippen LogP contribution in [0.5, 0.6) is 0 Å². The quantitative estimate of drug-likeness (QED) is 0.420. The molecule has 0 unspecified atom stereocenters. The van der Waals surface area contributed by atoms with Crippen LogP contribution >= 0.6 is 0 Å². The largest absolute Gasteiger partial charge is 0.511 e. The number of rotatable bonds is 2. The zero-order valence-electron chi connectivity index (χ0n) is 5.46. The van der Waals surface area contributed by atoms with Crippen LogP contribution in [-0.2, 0) is 0 Å². The van der Waals surface area contributed by atoms with Crippen molar-refractivity contribution in [3.8, 4) is 12.3 Å². The van der Waals surface area contributed by atoms with Crippen molar-refractivity contribution in [1.29, 1.82) is 0 Å². The molecule has 0 aromatic rings. The van der Waals surface area contributed by atoms with Crippen LogP contribution in [0.2, 0.25) is 0 Å². The van der Waals surface area contributed by atoms with Crippen LogP contribution in [0.4, 0.5) is 0 Å². The van der Waals surface area contributed by atoms with Gasteiger partial charge in [-0.1, -0.05) is 6.58 Å². The smallest absolute Gasteiger partial charge is 0.103 e. The molecule has 0 heterocycles. The van der Waals surface area contributed by atoms with Crippen LogP contribution in [0.25, 0.3) is 0 Å². The zero-order chi connectivity index (χ0) is 7.44. The highest BCUT2D eigenvalue weighted by Gasteiger charge is 2.11. The van der Waals surface area contributed by atoms with E-state index in [0.29, 0.717) is 0 Å². The highest BCUT2D eigenvalue weighted by molar-refractivity contribution is 5.05. The predicted octanol–water partition coefficient (Wildman–Crippen LogP) is 0.655. The molecule has 3 N–H and O–H groups in total. The highest BCUT2D eigenvalue weighted by Crippen LogP contribution is 2.03. The zero-order valence-corrected chi connectivity index (χ0v) is 5.46. The number of terminal acetylenes is 1. The lowest BCUT2D eigenvalue weighted by atomic mass is 10.0. The van der Waals surface area contributed by atoms with Crippen molar-refractivity contribution in [2.45, 2.75) is 13.0 Å². The number of hydrogen-bond acceptors (Lipinski definition) is 2. The number of nitrogens with two attached hydrogens (primary N) is 1. The SMILES string of the molecule is C#C[C@@H](C)[C@H](N)C(=C)O. The molecule has 0 rings (SSSR count). The maximum absolute atomic E-state index is 8.71. The second-order valence-electron chi connectivity index (χ2n) is 1.97. The van der Waals surface area contributed by atoms with Crippen LogP contribution in [0.1, 0.15) is 6.92 Å². The van der Waals surface area contributed by atoms with Gasteiger partial charge in [0.25, 0.3) is 0 Å². The molecular formula is C7H11NO. The summed E-state index contributed by atoms with van der Waals surface area (Å²) in [6.45, 7) is 5.02. The molecule has 2 heteroatoms. The minimum Gasteiger partial charge on any atom is -0.511 e. The van der Waals surface area contributed by atoms with Crippen molar-refractivity contribution in [3.05, 3.63) is 12.3 Å². The summed E-state index contributed by atoms with van der Waals surface area (Å²) in [6.07, 6.45) is 5.03. The van der Waals surface area contributed by atoms with E-state index in [-0.39, 0.29) is 11.7 Å². The van der Waals surface area contributed by atoms with Crippen molar-refractivity contribution < 1.29 is 5.11 Å². The molecule has 0 bridgehead atoms. The lowest BCUT2D eigenvalue weighted by molar-refractivity contribution is 0.349. The van der Waals surface area contributed by atoms with Gasteiger partial charge >= 0.3 is 0 Å². The van der Waals surface area contributed by atoms with Crippen LogP contribution in [0, 0.1) is 18.3 Å². The normalized spacial score (nSPS) is 15.7. The first-order valence-electron chi connectivity index (χ1n) is 2.69. The third-order valence-electron chi connectivity index (χ3n) is 1.19. The minimum atomic E-state index is -0.491. The van der Waals surface area contributed by atoms with E-state index in [1.165, 1.54) is 0 Å². The average Bonchev–Trinajstić information content (AvgIpc) is 1.84. The van der Waals surface area contributed by atoms with Crippen molar-refractivity contribution >= 4 is 0 Å². The molecule has 0 aliphatic carbocycles. The fourth-order valence-corrected chi connectivity index (χ4v) is 0.392. The molecule has 0 saturated heterocycles. The van der Waals surface area contributed by atoms with Gasteiger partial charge in [0.15, 0.2) is 0 Å². The molecule has 0 aromatic heterocycles. The topological polar surface area (TPSA) is 46.2 Å². The standard InChI is InChI=1S/C7H11NO/c1-4-5(2)7(8)6(3)9/h1,5,7,9H,3,8H2,2H3/t5-,7+/m1/s1. The summed E-state index contributed by atoms with van der Waals surface area (Å²) in [5.41, 5.74) is 5.38. The van der Waals surface area contributed by atoms with Gasteiger partial charge in [0.1, 0.15) is 5.76 Å². The fraction of sp³-hybridized carbons (Fsp3) is 0.429. The lowest BCUT2D eigenvalue weighted by Crippen LogP contribution is -2.28. The Morgan fingerprint density at radius 3 is 2.44 bits per heavy atom. The molecule has 0 saturated carbocycles. The Bertz CT molecular complexity index is 145. The Kier molecular flexibility index (Phi) is 2.83. The van der Waals surface area contributed by atoms with Gasteiger partial charge in [-0.15, -0.1) is 12.3 Å². The van der Waals surface area contributed by atoms with Gasteiger partial charge in [0.2, 0.25) is 0 Å². The molecule has 0 spiro atoms. The van der Waals surface area contributed by atoms with E-state index in [4.69, 9.17) is 17.3 Å². The monoisotopic (exact) mass is 125 g/mol. The number of aliphatic hydroxyl groups excluding tert-OH is 1. The van der Waals surface area contributed by atoms with Crippen molar-refractivity contribution in [2.75, 3.05) is 0 Å². The molecule has 9 heavy (non-hydrogen) atoms. The van der Waals surface area contributed by atoms with E-state index in [9.17, 15) is 0 Å². The van der Waals surface area contributed by atoms with Gasteiger partial charge in [-0.2, -0.15) is 0 Å². The Labute approximate surface area is 55.4 Å². The maximum atomic E-state index is 8.71. The summed E-state index contributed by atoms with van der Waals surface area (Å²) >= 11 is 0. The minimum absolute atomic E-state index is 0.0551. The summed E-state index contributed by atoms with van der Waals surface area (Å²) in [5.74, 6) is 2.19. The average molecular weight is 125 g/mol. The Balaban J connectivity index is 3.91. The van der Waals surface area contributed by atoms with Crippen LogP contribution in [0.3, 0.4) is 0 Å². The molecule has 0 aliphatic rings. The molecule has 0 aliphatic heterocycles. The van der Waals surface area contributed by atoms with Crippen molar-refractivity contribution in [2.24, 2.45) is 11.7 Å². The summed E-state index contributed by atoms with van der Waals surface area (Å²) in [6, 6.07) is -0.491. The van der Waals surface area contributed by atoms with Gasteiger partial charge < -0.3 is 10.8 Å². The molecule has 50 valence electrons. The van der Waals surface area contributed by atoms with Gasteiger partial charge in [0.05, 0.1) is 6.04 Å². The van der Waals surface area contributed by atoms with E-state index in [1.54, 1.807) is 6.92 Å². The second kappa shape index (κ2) is 3.16. The Hall–Kier alpha value is -0.940. The van der Waals surface area contributed by atoms with Gasteiger partial charge in [0, 0.05) is 5.92 Å². The van der Waals surface area contributed by atoms with E-state index in [1.807, 2.05) is 0 Å². The first kappa shape index (κ1) is 8.06. The molecule has 2 nitrogen and oxygen atoms in total. The van der Waals surface area contributed by atoms with E-state index >= 15 is 0 Å². The summed E-state index contributed by atoms with van der Waals surface area (Å²) < 4.78 is 0. The van der Waals surface area contributed by atoms with Crippen LogP contribution < -0.4 is 5.73 Å². The van der Waals surface area contributed by atoms with Crippen molar-refractivity contribution in [3.63, 3.8) is 0 Å². The first-order valence-corrected chi connectivity index (χ1v) is 2.69.